The molecule has 7 heterocycles. The first-order chi connectivity index (χ1) is 33.6. The average Bonchev–Trinajstić information content (AvgIpc) is 4.14. The fourth-order valence-electron chi connectivity index (χ4n) is 6.76. The van der Waals surface area contributed by atoms with Gasteiger partial charge in [0.2, 0.25) is 0 Å². The zero-order valence-corrected chi connectivity index (χ0v) is 52.4. The van der Waals surface area contributed by atoms with Crippen LogP contribution in [0.1, 0.15) is 27.7 Å². The number of thioether (sulfide) groups is 6. The van der Waals surface area contributed by atoms with E-state index in [1.54, 1.807) is 106 Å². The van der Waals surface area contributed by atoms with Gasteiger partial charge in [-0.05, 0) is 118 Å². The second-order valence-electron chi connectivity index (χ2n) is 15.7. The van der Waals surface area contributed by atoms with Crippen LogP contribution in [-0.4, -0.2) is 130 Å². The standard InChI is InChI=1S/2C14H11FN2S3.C13H18BFO2S.C7H5BrN2S2.8H2O/c2*1-18-8-3-4-9(11(15)5-8)10-6-20-13-12(10)16-7-17-14(13)19-2;1-12(2)13(3,4)17-14(16-12)10-7-6-9(18-5)8-11(10)15;1-11-7-6-5(9-3-10-7)4(8)2-12-6;;;;;;;;/h2*3-7H,1-2H3;6-8H,1-5H3;2-3H,1H3;8*1H2. The van der Waals surface area contributed by atoms with Gasteiger partial charge in [0, 0.05) is 58.5 Å². The smallest absolute Gasteiger partial charge is 0.412 e. The molecule has 0 aliphatic carbocycles. The van der Waals surface area contributed by atoms with Crippen molar-refractivity contribution in [2.45, 2.75) is 68.7 Å². The van der Waals surface area contributed by atoms with Crippen LogP contribution in [0.2, 0.25) is 0 Å². The van der Waals surface area contributed by atoms with Gasteiger partial charge in [-0.2, -0.15) is 0 Å². The molecule has 30 heteroatoms. The summed E-state index contributed by atoms with van der Waals surface area (Å²) in [6.45, 7) is 7.84. The van der Waals surface area contributed by atoms with E-state index >= 15 is 0 Å². The predicted octanol–water partition coefficient (Wildman–Crippen LogP) is 9.31. The molecular weight excluding hydrogens is 1260 g/mol. The largest absolute Gasteiger partial charge is 0.497 e. The molecule has 9 aromatic rings. The van der Waals surface area contributed by atoms with Crippen LogP contribution in [0.5, 0.6) is 0 Å². The van der Waals surface area contributed by atoms with Gasteiger partial charge >= 0.3 is 7.12 Å². The van der Waals surface area contributed by atoms with Gasteiger partial charge in [0.15, 0.2) is 0 Å². The molecule has 1 aliphatic heterocycles. The molecule has 0 unspecified atom stereocenters. The monoisotopic (exact) mass is 1320 g/mol. The molecule has 16 N–H and O–H groups in total. The molecule has 1 fully saturated rings. The van der Waals surface area contributed by atoms with Gasteiger partial charge < -0.3 is 53.1 Å². The molecule has 0 radical (unpaired) electrons. The molecule has 10 rings (SSSR count). The average molecular weight is 1320 g/mol. The van der Waals surface area contributed by atoms with Crippen molar-refractivity contribution in [1.29, 1.82) is 0 Å². The molecule has 78 heavy (non-hydrogen) atoms. The summed E-state index contributed by atoms with van der Waals surface area (Å²) in [5.74, 6) is -0.693. The summed E-state index contributed by atoms with van der Waals surface area (Å²) in [6.07, 6.45) is 16.5. The zero-order valence-electron chi connectivity index (χ0n) is 43.4. The van der Waals surface area contributed by atoms with E-state index in [1.807, 2.05) is 112 Å². The molecule has 1 aliphatic rings. The molecule has 6 aromatic heterocycles. The third-order valence-electron chi connectivity index (χ3n) is 11.1. The molecule has 428 valence electrons. The first kappa shape index (κ1) is 76.9. The number of nitrogens with zero attached hydrogens (tertiary/aromatic N) is 6. The molecule has 16 nitrogen and oxygen atoms in total. The van der Waals surface area contributed by atoms with Crippen molar-refractivity contribution < 1.29 is 66.3 Å². The summed E-state index contributed by atoms with van der Waals surface area (Å²) in [4.78, 5) is 28.3. The van der Waals surface area contributed by atoms with Gasteiger partial charge in [0.05, 0.1) is 46.3 Å². The van der Waals surface area contributed by atoms with E-state index in [1.165, 1.54) is 41.4 Å². The van der Waals surface area contributed by atoms with Crippen LogP contribution < -0.4 is 5.46 Å². The van der Waals surface area contributed by atoms with Crippen LogP contribution in [0.25, 0.3) is 52.9 Å². The molecule has 0 spiro atoms. The van der Waals surface area contributed by atoms with E-state index in [0.717, 1.165) is 76.0 Å². The fourth-order valence-corrected chi connectivity index (χ4v) is 13.8. The lowest BCUT2D eigenvalue weighted by Crippen LogP contribution is -2.41. The van der Waals surface area contributed by atoms with Crippen LogP contribution >= 0.6 is 121 Å². The van der Waals surface area contributed by atoms with E-state index in [-0.39, 0.29) is 61.3 Å². The van der Waals surface area contributed by atoms with E-state index in [4.69, 9.17) is 9.31 Å². The Morgan fingerprint density at radius 3 is 1.12 bits per heavy atom. The SMILES string of the molecule is CSc1ccc(-c2csc3c(SC)ncnc23)c(F)c1.CSc1ccc(-c2csc3c(SC)ncnc23)c(F)c1.CSc1ccc(B2OC(C)(C)C(C)(C)O2)c(F)c1.CSc1ncnc2c(Br)csc12.O.O.O.O.O.O.O.O. The first-order valence-electron chi connectivity index (χ1n) is 20.9. The Hall–Kier alpha value is -3.19. The number of hydrogen-bond donors (Lipinski definition) is 0. The Kier molecular flexibility index (Phi) is 33.8. The van der Waals surface area contributed by atoms with Crippen LogP contribution in [0.3, 0.4) is 0 Å². The van der Waals surface area contributed by atoms with Crippen molar-refractivity contribution in [3.63, 3.8) is 0 Å². The van der Waals surface area contributed by atoms with E-state index in [9.17, 15) is 13.2 Å². The van der Waals surface area contributed by atoms with Crippen molar-refractivity contribution in [3.8, 4) is 22.3 Å². The summed E-state index contributed by atoms with van der Waals surface area (Å²) >= 11 is 17.6. The summed E-state index contributed by atoms with van der Waals surface area (Å²) in [5.41, 5.74) is 5.12. The lowest BCUT2D eigenvalue weighted by molar-refractivity contribution is 0.00578. The minimum Gasteiger partial charge on any atom is -0.412 e. The first-order valence-corrected chi connectivity index (χ1v) is 31.7. The normalized spacial score (nSPS) is 12.3. The topological polar surface area (TPSA) is 348 Å². The molecule has 0 bridgehead atoms. The van der Waals surface area contributed by atoms with Crippen LogP contribution in [0.15, 0.2) is 124 Å². The van der Waals surface area contributed by atoms with Gasteiger partial charge in [-0.3, -0.25) is 0 Å². The van der Waals surface area contributed by atoms with Crippen LogP contribution in [-0.2, 0) is 9.31 Å². The van der Waals surface area contributed by atoms with Crippen molar-refractivity contribution in [1.82, 2.24) is 29.9 Å². The summed E-state index contributed by atoms with van der Waals surface area (Å²) in [5, 5.41) is 8.88. The van der Waals surface area contributed by atoms with Crippen molar-refractivity contribution in [2.24, 2.45) is 0 Å². The number of hydrogen-bond acceptors (Lipinski definition) is 17. The third kappa shape index (κ3) is 17.2. The number of rotatable bonds is 9. The molecule has 0 atom stereocenters. The fraction of sp³-hybridized carbons (Fsp3) is 0.250. The zero-order chi connectivity index (χ0) is 50.3. The van der Waals surface area contributed by atoms with Gasteiger partial charge in [-0.15, -0.1) is 105 Å². The van der Waals surface area contributed by atoms with Crippen molar-refractivity contribution in [3.05, 3.63) is 112 Å². The minimum absolute atomic E-state index is 0. The van der Waals surface area contributed by atoms with E-state index < -0.39 is 18.3 Å². The number of thiophene rings is 3. The Morgan fingerprint density at radius 2 is 0.769 bits per heavy atom. The second-order valence-corrected chi connectivity index (χ2v) is 24.2. The molecule has 0 amide bonds. The minimum atomic E-state index is -0.633. The van der Waals surface area contributed by atoms with Gasteiger partial charge in [0.1, 0.15) is 51.5 Å². The highest BCUT2D eigenvalue weighted by molar-refractivity contribution is 9.10. The van der Waals surface area contributed by atoms with Gasteiger partial charge in [-0.1, -0.05) is 18.2 Å². The Bertz CT molecular complexity index is 3150. The quantitative estimate of drug-likeness (QED) is 0.0738. The van der Waals surface area contributed by atoms with Crippen molar-refractivity contribution in [2.75, 3.05) is 37.5 Å². The Morgan fingerprint density at radius 1 is 0.436 bits per heavy atom. The summed E-state index contributed by atoms with van der Waals surface area (Å²) in [7, 11) is -0.633. The highest BCUT2D eigenvalue weighted by atomic mass is 79.9. The maximum Gasteiger partial charge on any atom is 0.497 e. The Labute approximate surface area is 495 Å². The van der Waals surface area contributed by atoms with E-state index in [0.29, 0.717) is 16.6 Å². The lowest BCUT2D eigenvalue weighted by Gasteiger charge is -2.32. The van der Waals surface area contributed by atoms with Gasteiger partial charge in [-0.25, -0.2) is 43.1 Å². The third-order valence-corrected chi connectivity index (χ3v) is 19.6. The number of benzene rings is 3. The predicted molar refractivity (Wildman–Crippen MR) is 332 cm³/mol. The van der Waals surface area contributed by atoms with Crippen LogP contribution in [0.4, 0.5) is 13.2 Å². The molecular formula is C48H61BBrF3N6O10S9. The van der Waals surface area contributed by atoms with Gasteiger partial charge in [0.25, 0.3) is 0 Å². The van der Waals surface area contributed by atoms with Crippen LogP contribution in [0, 0.1) is 17.5 Å². The number of fused-ring (bicyclic) bond motifs is 3. The molecule has 1 saturated heterocycles. The summed E-state index contributed by atoms with van der Waals surface area (Å²) in [6, 6.07) is 15.8. The number of halogens is 4. The molecule has 3 aromatic carbocycles. The number of aromatic nitrogens is 6. The van der Waals surface area contributed by atoms with E-state index in [2.05, 4.69) is 45.8 Å². The highest BCUT2D eigenvalue weighted by Gasteiger charge is 2.52. The lowest BCUT2D eigenvalue weighted by atomic mass is 9.79. The second kappa shape index (κ2) is 34.3. The maximum atomic E-state index is 14.3. The molecule has 0 saturated carbocycles. The Balaban J connectivity index is 0. The highest BCUT2D eigenvalue weighted by Crippen LogP contribution is 2.41. The maximum absolute atomic E-state index is 14.3. The van der Waals surface area contributed by atoms with Crippen molar-refractivity contribution >= 4 is 164 Å². The summed E-state index contributed by atoms with van der Waals surface area (Å²) < 4.78 is 58.5.